The summed E-state index contributed by atoms with van der Waals surface area (Å²) in [6, 6.07) is 8.39. The van der Waals surface area contributed by atoms with Gasteiger partial charge in [-0.1, -0.05) is 12.1 Å². The van der Waals surface area contributed by atoms with Crippen LogP contribution in [0.15, 0.2) is 47.3 Å². The molecule has 1 saturated heterocycles. The quantitative estimate of drug-likeness (QED) is 0.545. The molecule has 0 saturated carbocycles. The number of anilines is 1. The Hall–Kier alpha value is -3.29. The van der Waals surface area contributed by atoms with Crippen molar-refractivity contribution < 1.29 is 9.21 Å². The number of oxazole rings is 1. The van der Waals surface area contributed by atoms with E-state index < -0.39 is 0 Å². The Labute approximate surface area is 155 Å². The number of rotatable bonds is 2. The number of aromatic nitrogens is 4. The molecule has 0 bridgehead atoms. The maximum absolute atomic E-state index is 13.1. The summed E-state index contributed by atoms with van der Waals surface area (Å²) in [5.41, 5.74) is 3.10. The van der Waals surface area contributed by atoms with Gasteiger partial charge < -0.3 is 18.8 Å². The highest BCUT2D eigenvalue weighted by Gasteiger charge is 2.25. The molecule has 0 spiro atoms. The molecule has 27 heavy (non-hydrogen) atoms. The molecule has 0 aliphatic carbocycles. The molecule has 0 unspecified atom stereocenters. The predicted octanol–water partition coefficient (Wildman–Crippen LogP) is 2.17. The zero-order valence-electron chi connectivity index (χ0n) is 15.1. The fraction of sp³-hybridized carbons (Fsp3) is 0.316. The molecule has 1 amide bonds. The molecule has 0 atom stereocenters. The molecule has 0 radical (unpaired) electrons. The standard InChI is InChI=1S/C19H20N6O2/c1-22-9-12-25-17(22)14(13-20-25)18(26)23-7-4-8-24(11-10-23)19-21-15-5-2-3-6-16(15)27-19/h2-3,5-6,9,12-13H,4,7-8,10-11H2,1H3. The fourth-order valence-corrected chi connectivity index (χ4v) is 3.68. The van der Waals surface area contributed by atoms with Crippen molar-refractivity contribution in [2.24, 2.45) is 7.05 Å². The van der Waals surface area contributed by atoms with E-state index >= 15 is 0 Å². The molecule has 3 aromatic heterocycles. The van der Waals surface area contributed by atoms with Crippen LogP contribution in [0.1, 0.15) is 16.8 Å². The van der Waals surface area contributed by atoms with Gasteiger partial charge in [-0.05, 0) is 18.6 Å². The number of carbonyl (C=O) groups is 1. The molecular weight excluding hydrogens is 344 g/mol. The lowest BCUT2D eigenvalue weighted by molar-refractivity contribution is 0.0768. The first-order valence-corrected chi connectivity index (χ1v) is 9.09. The fourth-order valence-electron chi connectivity index (χ4n) is 3.68. The number of carbonyl (C=O) groups excluding carboxylic acids is 1. The zero-order chi connectivity index (χ0) is 18.4. The van der Waals surface area contributed by atoms with Crippen molar-refractivity contribution in [1.82, 2.24) is 24.1 Å². The van der Waals surface area contributed by atoms with Gasteiger partial charge >= 0.3 is 0 Å². The first-order chi connectivity index (χ1) is 13.2. The van der Waals surface area contributed by atoms with Crippen molar-refractivity contribution >= 4 is 28.7 Å². The van der Waals surface area contributed by atoms with E-state index in [4.69, 9.17) is 4.42 Å². The van der Waals surface area contributed by atoms with Gasteiger partial charge in [0.25, 0.3) is 11.9 Å². The van der Waals surface area contributed by atoms with E-state index in [1.54, 1.807) is 10.7 Å². The van der Waals surface area contributed by atoms with Crippen molar-refractivity contribution in [1.29, 1.82) is 0 Å². The van der Waals surface area contributed by atoms with Crippen LogP contribution < -0.4 is 4.90 Å². The average molecular weight is 364 g/mol. The van der Waals surface area contributed by atoms with Crippen LogP contribution >= 0.6 is 0 Å². The summed E-state index contributed by atoms with van der Waals surface area (Å²) < 4.78 is 9.54. The summed E-state index contributed by atoms with van der Waals surface area (Å²) in [4.78, 5) is 21.7. The Morgan fingerprint density at radius 2 is 2.00 bits per heavy atom. The lowest BCUT2D eigenvalue weighted by atomic mass is 10.2. The van der Waals surface area contributed by atoms with Crippen LogP contribution in [0.2, 0.25) is 0 Å². The Balaban J connectivity index is 1.36. The van der Waals surface area contributed by atoms with Crippen LogP contribution in [0, 0.1) is 0 Å². The van der Waals surface area contributed by atoms with E-state index in [2.05, 4.69) is 15.0 Å². The number of aryl methyl sites for hydroxylation is 1. The van der Waals surface area contributed by atoms with Crippen molar-refractivity contribution in [2.75, 3.05) is 31.1 Å². The summed E-state index contributed by atoms with van der Waals surface area (Å²) >= 11 is 0. The van der Waals surface area contributed by atoms with Gasteiger partial charge in [-0.3, -0.25) is 4.79 Å². The third-order valence-electron chi connectivity index (χ3n) is 5.10. The Morgan fingerprint density at radius 1 is 1.11 bits per heavy atom. The third-order valence-corrected chi connectivity index (χ3v) is 5.10. The molecule has 138 valence electrons. The highest BCUT2D eigenvalue weighted by atomic mass is 16.4. The molecule has 5 rings (SSSR count). The molecule has 8 heteroatoms. The predicted molar refractivity (Wildman–Crippen MR) is 101 cm³/mol. The van der Waals surface area contributed by atoms with Crippen molar-refractivity contribution in [3.63, 3.8) is 0 Å². The summed E-state index contributed by atoms with van der Waals surface area (Å²) in [6.07, 6.45) is 6.27. The van der Waals surface area contributed by atoms with Gasteiger partial charge in [0.15, 0.2) is 5.58 Å². The van der Waals surface area contributed by atoms with E-state index in [1.807, 2.05) is 53.2 Å². The molecule has 4 aromatic rings. The Bertz CT molecular complexity index is 1090. The molecule has 8 nitrogen and oxygen atoms in total. The minimum absolute atomic E-state index is 0.0196. The van der Waals surface area contributed by atoms with Crippen molar-refractivity contribution in [2.45, 2.75) is 6.42 Å². The molecule has 1 aromatic carbocycles. The minimum atomic E-state index is 0.0196. The van der Waals surface area contributed by atoms with Crippen LogP contribution in [0.5, 0.6) is 0 Å². The highest BCUT2D eigenvalue weighted by molar-refractivity contribution is 5.99. The second-order valence-corrected chi connectivity index (χ2v) is 6.83. The molecule has 1 aliphatic heterocycles. The minimum Gasteiger partial charge on any atom is -0.423 e. The summed E-state index contributed by atoms with van der Waals surface area (Å²) in [6.45, 7) is 2.83. The molecule has 1 fully saturated rings. The first-order valence-electron chi connectivity index (χ1n) is 9.09. The highest BCUT2D eigenvalue weighted by Crippen LogP contribution is 2.23. The molecule has 4 heterocycles. The third kappa shape index (κ3) is 2.64. The van der Waals surface area contributed by atoms with Crippen molar-refractivity contribution in [3.8, 4) is 0 Å². The second kappa shape index (κ2) is 6.15. The van der Waals surface area contributed by atoms with E-state index in [-0.39, 0.29) is 5.91 Å². The number of fused-ring (bicyclic) bond motifs is 2. The summed E-state index contributed by atoms with van der Waals surface area (Å²) in [5.74, 6) is 0.0196. The number of benzene rings is 1. The van der Waals surface area contributed by atoms with E-state index in [0.717, 1.165) is 29.7 Å². The van der Waals surface area contributed by atoms with Gasteiger partial charge in [0, 0.05) is 45.6 Å². The van der Waals surface area contributed by atoms with Gasteiger partial charge in [0.1, 0.15) is 16.7 Å². The number of nitrogens with zero attached hydrogens (tertiary/aromatic N) is 6. The second-order valence-electron chi connectivity index (χ2n) is 6.83. The summed E-state index contributed by atoms with van der Waals surface area (Å²) in [5, 5.41) is 4.28. The molecule has 1 aliphatic rings. The smallest absolute Gasteiger partial charge is 0.298 e. The van der Waals surface area contributed by atoms with E-state index in [9.17, 15) is 4.79 Å². The van der Waals surface area contributed by atoms with Gasteiger partial charge in [-0.2, -0.15) is 10.1 Å². The number of hydrogen-bond acceptors (Lipinski definition) is 5. The number of hydrogen-bond donors (Lipinski definition) is 0. The largest absolute Gasteiger partial charge is 0.423 e. The van der Waals surface area contributed by atoms with Crippen LogP contribution in [-0.4, -0.2) is 56.2 Å². The SMILES string of the molecule is Cn1ccn2ncc(C(=O)N3CCCN(c4nc5ccccc5o4)CC3)c12. The molecule has 0 N–H and O–H groups in total. The Morgan fingerprint density at radius 3 is 2.89 bits per heavy atom. The first kappa shape index (κ1) is 15.9. The van der Waals surface area contributed by atoms with Gasteiger partial charge in [0.05, 0.1) is 6.20 Å². The number of amides is 1. The monoisotopic (exact) mass is 364 g/mol. The lowest BCUT2D eigenvalue weighted by Gasteiger charge is -2.20. The Kier molecular flexibility index (Phi) is 3.63. The van der Waals surface area contributed by atoms with E-state index in [0.29, 0.717) is 31.2 Å². The maximum Gasteiger partial charge on any atom is 0.298 e. The van der Waals surface area contributed by atoms with Gasteiger partial charge in [-0.15, -0.1) is 0 Å². The van der Waals surface area contributed by atoms with Crippen LogP contribution in [-0.2, 0) is 7.05 Å². The normalized spacial score (nSPS) is 15.6. The van der Waals surface area contributed by atoms with Crippen LogP contribution in [0.25, 0.3) is 16.7 Å². The van der Waals surface area contributed by atoms with Gasteiger partial charge in [0.2, 0.25) is 0 Å². The van der Waals surface area contributed by atoms with Crippen LogP contribution in [0.4, 0.5) is 6.01 Å². The maximum atomic E-state index is 13.1. The van der Waals surface area contributed by atoms with Crippen molar-refractivity contribution in [3.05, 3.63) is 48.4 Å². The number of imidazole rings is 1. The average Bonchev–Trinajstić information content (AvgIpc) is 3.33. The summed E-state index contributed by atoms with van der Waals surface area (Å²) in [7, 11) is 1.92. The number of para-hydroxylation sites is 2. The lowest BCUT2D eigenvalue weighted by Crippen LogP contribution is -2.35. The topological polar surface area (TPSA) is 71.8 Å². The zero-order valence-corrected chi connectivity index (χ0v) is 15.1. The molecular formula is C19H20N6O2. The van der Waals surface area contributed by atoms with E-state index in [1.165, 1.54) is 0 Å². The van der Waals surface area contributed by atoms with Crippen LogP contribution in [0.3, 0.4) is 0 Å². The van der Waals surface area contributed by atoms with Gasteiger partial charge in [-0.25, -0.2) is 4.52 Å².